The number of anilines is 1. The number of nitrogens with one attached hydrogen (secondary N) is 2. The number of aromatic nitrogens is 6. The number of hydrogen-bond donors (Lipinski definition) is 2. The smallest absolute Gasteiger partial charge is 0.230 e. The van der Waals surface area contributed by atoms with Crippen LogP contribution in [-0.2, 0) is 18.3 Å². The normalized spacial score (nSPS) is 14.4. The van der Waals surface area contributed by atoms with Gasteiger partial charge in [-0.25, -0.2) is 19.3 Å². The van der Waals surface area contributed by atoms with Crippen LogP contribution in [0.15, 0.2) is 36.9 Å². The number of carbonyl (C=O) groups excluding carboxylic acids is 1. The molecular weight excluding hydrogens is 397 g/mol. The summed E-state index contributed by atoms with van der Waals surface area (Å²) in [6, 6.07) is 4.66. The molecule has 1 aliphatic rings. The molecule has 4 aromatic rings. The van der Waals surface area contributed by atoms with Crippen LogP contribution < -0.4 is 5.32 Å². The molecule has 3 heterocycles. The van der Waals surface area contributed by atoms with Crippen molar-refractivity contribution in [3.8, 4) is 11.1 Å². The fraction of sp³-hybridized carbons (Fsp3) is 0.318. The molecule has 1 aliphatic carbocycles. The number of imidazole rings is 1. The number of aromatic amines is 1. The van der Waals surface area contributed by atoms with E-state index < -0.39 is 0 Å². The van der Waals surface area contributed by atoms with E-state index >= 15 is 0 Å². The maximum atomic E-state index is 14.3. The number of carbonyl (C=O) groups is 1. The van der Waals surface area contributed by atoms with Crippen LogP contribution in [0, 0.1) is 5.82 Å². The molecule has 1 aromatic carbocycles. The van der Waals surface area contributed by atoms with Crippen LogP contribution in [0.3, 0.4) is 0 Å². The van der Waals surface area contributed by atoms with E-state index in [-0.39, 0.29) is 18.1 Å². The van der Waals surface area contributed by atoms with Crippen molar-refractivity contribution in [1.82, 2.24) is 29.7 Å². The fourth-order valence-electron chi connectivity index (χ4n) is 4.16. The number of amides is 1. The van der Waals surface area contributed by atoms with Gasteiger partial charge in [-0.05, 0) is 30.5 Å². The largest absolute Gasteiger partial charge is 0.337 e. The molecule has 0 bridgehead atoms. The van der Waals surface area contributed by atoms with Crippen LogP contribution in [0.25, 0.3) is 22.3 Å². The Labute approximate surface area is 177 Å². The van der Waals surface area contributed by atoms with Crippen molar-refractivity contribution >= 4 is 22.9 Å². The zero-order valence-corrected chi connectivity index (χ0v) is 17.1. The average molecular weight is 419 g/mol. The first-order valence-electron chi connectivity index (χ1n) is 10.3. The Morgan fingerprint density at radius 2 is 2.13 bits per heavy atom. The Morgan fingerprint density at radius 3 is 2.90 bits per heavy atom. The quantitative estimate of drug-likeness (QED) is 0.513. The SMILES string of the molecule is Cn1cc(-c2cc(CC(=O)Nc3ncnc4nc(C5CCCC5)[nH]c34)ccc2F)cn1. The summed E-state index contributed by atoms with van der Waals surface area (Å²) in [7, 11) is 1.77. The molecule has 0 unspecified atom stereocenters. The number of hydrogen-bond acceptors (Lipinski definition) is 5. The number of nitrogens with zero attached hydrogens (tertiary/aromatic N) is 5. The van der Waals surface area contributed by atoms with Gasteiger partial charge >= 0.3 is 0 Å². The number of fused-ring (bicyclic) bond motifs is 1. The molecule has 1 amide bonds. The van der Waals surface area contributed by atoms with Crippen LogP contribution >= 0.6 is 0 Å². The first-order valence-corrected chi connectivity index (χ1v) is 10.3. The summed E-state index contributed by atoms with van der Waals surface area (Å²) in [6.45, 7) is 0. The van der Waals surface area contributed by atoms with E-state index in [0.717, 1.165) is 18.7 Å². The molecule has 8 nitrogen and oxygen atoms in total. The number of aryl methyl sites for hydroxylation is 1. The minimum Gasteiger partial charge on any atom is -0.337 e. The Morgan fingerprint density at radius 1 is 1.29 bits per heavy atom. The lowest BCUT2D eigenvalue weighted by Crippen LogP contribution is -2.16. The summed E-state index contributed by atoms with van der Waals surface area (Å²) in [6.07, 6.45) is 9.45. The van der Waals surface area contributed by atoms with Crippen molar-refractivity contribution in [2.24, 2.45) is 7.05 Å². The lowest BCUT2D eigenvalue weighted by Gasteiger charge is -2.07. The molecule has 0 spiro atoms. The van der Waals surface area contributed by atoms with Gasteiger partial charge in [-0.15, -0.1) is 0 Å². The highest BCUT2D eigenvalue weighted by atomic mass is 19.1. The van der Waals surface area contributed by atoms with E-state index in [1.807, 2.05) is 0 Å². The molecule has 0 aliphatic heterocycles. The molecular formula is C22H22FN7O. The predicted octanol–water partition coefficient (Wildman–Crippen LogP) is 3.73. The van der Waals surface area contributed by atoms with Gasteiger partial charge in [0.25, 0.3) is 0 Å². The molecule has 1 saturated carbocycles. The van der Waals surface area contributed by atoms with E-state index in [1.54, 1.807) is 36.3 Å². The second kappa shape index (κ2) is 7.90. The lowest BCUT2D eigenvalue weighted by atomic mass is 10.0. The van der Waals surface area contributed by atoms with Crippen LogP contribution in [0.2, 0.25) is 0 Å². The zero-order chi connectivity index (χ0) is 21.4. The average Bonchev–Trinajstić information content (AvgIpc) is 3.49. The van der Waals surface area contributed by atoms with Gasteiger partial charge in [0, 0.05) is 30.3 Å². The standard InChI is InChI=1S/C22H22FN7O/c1-30-11-15(10-26-30)16-8-13(6-7-17(16)23)9-18(31)27-21-19-22(25-12-24-21)29-20(28-19)14-4-2-3-5-14/h6-8,10-12,14H,2-5,9H2,1H3,(H2,24,25,27,28,29,31). The van der Waals surface area contributed by atoms with E-state index in [9.17, 15) is 9.18 Å². The monoisotopic (exact) mass is 419 g/mol. The van der Waals surface area contributed by atoms with Gasteiger partial charge in [0.2, 0.25) is 5.91 Å². The second-order valence-corrected chi connectivity index (χ2v) is 7.97. The van der Waals surface area contributed by atoms with Gasteiger partial charge in [-0.1, -0.05) is 18.9 Å². The maximum absolute atomic E-state index is 14.3. The highest BCUT2D eigenvalue weighted by Gasteiger charge is 2.22. The summed E-state index contributed by atoms with van der Waals surface area (Å²) < 4.78 is 15.9. The molecule has 158 valence electrons. The Hall–Kier alpha value is -3.62. The Balaban J connectivity index is 1.35. The van der Waals surface area contributed by atoms with E-state index in [1.165, 1.54) is 25.2 Å². The third-order valence-electron chi connectivity index (χ3n) is 5.72. The first-order chi connectivity index (χ1) is 15.1. The number of rotatable bonds is 5. The third-order valence-corrected chi connectivity index (χ3v) is 5.72. The van der Waals surface area contributed by atoms with Crippen molar-refractivity contribution in [1.29, 1.82) is 0 Å². The highest BCUT2D eigenvalue weighted by Crippen LogP contribution is 2.33. The molecule has 1 fully saturated rings. The van der Waals surface area contributed by atoms with E-state index in [0.29, 0.717) is 39.6 Å². The maximum Gasteiger partial charge on any atom is 0.230 e. The van der Waals surface area contributed by atoms with E-state index in [2.05, 4.69) is 30.4 Å². The highest BCUT2D eigenvalue weighted by molar-refractivity contribution is 5.97. The Bertz CT molecular complexity index is 1260. The molecule has 0 atom stereocenters. The number of benzene rings is 1. The van der Waals surface area contributed by atoms with Gasteiger partial charge in [0.15, 0.2) is 11.5 Å². The zero-order valence-electron chi connectivity index (χ0n) is 17.1. The van der Waals surface area contributed by atoms with Crippen molar-refractivity contribution < 1.29 is 9.18 Å². The summed E-state index contributed by atoms with van der Waals surface area (Å²) in [5.74, 6) is 1.11. The topological polar surface area (TPSA) is 101 Å². The molecule has 0 radical (unpaired) electrons. The first kappa shape index (κ1) is 19.3. The van der Waals surface area contributed by atoms with Crippen LogP contribution in [0.5, 0.6) is 0 Å². The van der Waals surface area contributed by atoms with Gasteiger partial charge in [0.1, 0.15) is 23.5 Å². The van der Waals surface area contributed by atoms with Crippen LogP contribution in [0.4, 0.5) is 10.2 Å². The van der Waals surface area contributed by atoms with Crippen LogP contribution in [-0.4, -0.2) is 35.6 Å². The minimum absolute atomic E-state index is 0.0860. The summed E-state index contributed by atoms with van der Waals surface area (Å²) >= 11 is 0. The van der Waals surface area contributed by atoms with Crippen molar-refractivity contribution in [2.75, 3.05) is 5.32 Å². The fourth-order valence-corrected chi connectivity index (χ4v) is 4.16. The molecule has 31 heavy (non-hydrogen) atoms. The summed E-state index contributed by atoms with van der Waals surface area (Å²) in [4.78, 5) is 29.1. The van der Waals surface area contributed by atoms with Gasteiger partial charge in [-0.2, -0.15) is 5.10 Å². The van der Waals surface area contributed by atoms with Crippen molar-refractivity contribution in [3.63, 3.8) is 0 Å². The second-order valence-electron chi connectivity index (χ2n) is 7.97. The Kier molecular flexibility index (Phi) is 4.93. The summed E-state index contributed by atoms with van der Waals surface area (Å²) in [5.41, 5.74) is 2.95. The molecule has 3 aromatic heterocycles. The van der Waals surface area contributed by atoms with Gasteiger partial charge < -0.3 is 10.3 Å². The van der Waals surface area contributed by atoms with Crippen molar-refractivity contribution in [3.05, 3.63) is 54.1 Å². The predicted molar refractivity (Wildman–Crippen MR) is 114 cm³/mol. The number of halogens is 1. The minimum atomic E-state index is -0.355. The van der Waals surface area contributed by atoms with Gasteiger partial charge in [-0.3, -0.25) is 9.48 Å². The van der Waals surface area contributed by atoms with Gasteiger partial charge in [0.05, 0.1) is 12.6 Å². The summed E-state index contributed by atoms with van der Waals surface area (Å²) in [5, 5.41) is 6.93. The molecule has 9 heteroatoms. The molecule has 0 saturated heterocycles. The number of H-pyrrole nitrogens is 1. The molecule has 2 N–H and O–H groups in total. The molecule has 5 rings (SSSR count). The van der Waals surface area contributed by atoms with Crippen LogP contribution in [0.1, 0.15) is 43.0 Å². The van der Waals surface area contributed by atoms with E-state index in [4.69, 9.17) is 0 Å². The van der Waals surface area contributed by atoms with Crippen molar-refractivity contribution in [2.45, 2.75) is 38.0 Å². The lowest BCUT2D eigenvalue weighted by molar-refractivity contribution is -0.115. The third kappa shape index (κ3) is 3.90.